The second-order valence-corrected chi connectivity index (χ2v) is 6.10. The number of hydrogen-bond donors (Lipinski definition) is 1. The Morgan fingerprint density at radius 1 is 1.48 bits per heavy atom. The number of carbonyl (C=O) groups is 1. The lowest BCUT2D eigenvalue weighted by Gasteiger charge is -2.26. The highest BCUT2D eigenvalue weighted by Crippen LogP contribution is 2.20. The second kappa shape index (κ2) is 7.04. The molecule has 1 aromatic rings. The molecule has 0 radical (unpaired) electrons. The number of fused-ring (bicyclic) bond motifs is 1. The normalized spacial score (nSPS) is 16.8. The number of methoxy groups -OCH3 is 1. The van der Waals surface area contributed by atoms with Gasteiger partial charge in [-0.3, -0.25) is 9.69 Å². The van der Waals surface area contributed by atoms with Crippen LogP contribution in [0.3, 0.4) is 0 Å². The molecule has 0 saturated heterocycles. The van der Waals surface area contributed by atoms with Gasteiger partial charge in [-0.15, -0.1) is 0 Å². The van der Waals surface area contributed by atoms with E-state index >= 15 is 0 Å². The van der Waals surface area contributed by atoms with Crippen LogP contribution in [0.15, 0.2) is 4.42 Å². The van der Waals surface area contributed by atoms with Gasteiger partial charge in [-0.2, -0.15) is 0 Å². The number of nitrogens with zero attached hydrogens (tertiary/aromatic N) is 2. The van der Waals surface area contributed by atoms with Gasteiger partial charge in [-0.25, -0.2) is 4.98 Å². The van der Waals surface area contributed by atoms with Crippen LogP contribution in [-0.4, -0.2) is 48.6 Å². The van der Waals surface area contributed by atoms with E-state index in [1.54, 1.807) is 7.11 Å². The SMILES string of the molecule is COC[C@H](C)NC(=O)c1nc2c(o1)CCN(CC(C)C)C2. The molecule has 1 aliphatic rings. The quantitative estimate of drug-likeness (QED) is 0.860. The lowest BCUT2D eigenvalue weighted by molar-refractivity contribution is 0.0869. The van der Waals surface area contributed by atoms with Gasteiger partial charge in [0.05, 0.1) is 12.3 Å². The van der Waals surface area contributed by atoms with Crippen LogP contribution in [-0.2, 0) is 17.7 Å². The molecule has 0 bridgehead atoms. The van der Waals surface area contributed by atoms with E-state index in [0.717, 1.165) is 37.5 Å². The van der Waals surface area contributed by atoms with E-state index in [2.05, 4.69) is 29.0 Å². The van der Waals surface area contributed by atoms with Gasteiger partial charge in [0.15, 0.2) is 0 Å². The summed E-state index contributed by atoms with van der Waals surface area (Å²) in [4.78, 5) is 18.8. The Kier molecular flexibility index (Phi) is 5.36. The Balaban J connectivity index is 1.99. The fraction of sp³-hybridized carbons (Fsp3) is 0.733. The molecule has 21 heavy (non-hydrogen) atoms. The molecule has 0 unspecified atom stereocenters. The molecular formula is C15H25N3O3. The maximum atomic E-state index is 12.1. The van der Waals surface area contributed by atoms with Crippen LogP contribution in [0.4, 0.5) is 0 Å². The highest BCUT2D eigenvalue weighted by Gasteiger charge is 2.25. The first-order valence-electron chi connectivity index (χ1n) is 7.50. The van der Waals surface area contributed by atoms with Crippen molar-refractivity contribution in [3.63, 3.8) is 0 Å². The van der Waals surface area contributed by atoms with Crippen LogP contribution in [0.5, 0.6) is 0 Å². The lowest BCUT2D eigenvalue weighted by atomic mass is 10.1. The Labute approximate surface area is 125 Å². The predicted molar refractivity (Wildman–Crippen MR) is 79.1 cm³/mol. The summed E-state index contributed by atoms with van der Waals surface area (Å²) in [5, 5.41) is 2.82. The van der Waals surface area contributed by atoms with Crippen molar-refractivity contribution in [1.29, 1.82) is 0 Å². The molecular weight excluding hydrogens is 270 g/mol. The van der Waals surface area contributed by atoms with E-state index in [1.165, 1.54) is 0 Å². The van der Waals surface area contributed by atoms with E-state index in [-0.39, 0.29) is 17.8 Å². The number of ether oxygens (including phenoxy) is 1. The van der Waals surface area contributed by atoms with Crippen molar-refractivity contribution >= 4 is 5.91 Å². The minimum absolute atomic E-state index is 0.0659. The van der Waals surface area contributed by atoms with Crippen LogP contribution in [0, 0.1) is 5.92 Å². The number of oxazole rings is 1. The summed E-state index contributed by atoms with van der Waals surface area (Å²) in [6.07, 6.45) is 0.815. The monoisotopic (exact) mass is 295 g/mol. The number of nitrogens with one attached hydrogen (secondary N) is 1. The average Bonchev–Trinajstić information content (AvgIpc) is 2.81. The molecule has 1 N–H and O–H groups in total. The van der Waals surface area contributed by atoms with Crippen molar-refractivity contribution in [3.8, 4) is 0 Å². The van der Waals surface area contributed by atoms with Gasteiger partial charge in [0.1, 0.15) is 5.76 Å². The summed E-state index contributed by atoms with van der Waals surface area (Å²) in [5.74, 6) is 1.36. The van der Waals surface area contributed by atoms with Gasteiger partial charge in [0.25, 0.3) is 5.89 Å². The number of rotatable bonds is 6. The number of carbonyl (C=O) groups excluding carboxylic acids is 1. The van der Waals surface area contributed by atoms with Gasteiger partial charge < -0.3 is 14.5 Å². The Morgan fingerprint density at radius 2 is 2.24 bits per heavy atom. The molecule has 1 aromatic heterocycles. The van der Waals surface area contributed by atoms with Crippen LogP contribution >= 0.6 is 0 Å². The van der Waals surface area contributed by atoms with Crippen molar-refractivity contribution in [2.75, 3.05) is 26.8 Å². The zero-order valence-corrected chi connectivity index (χ0v) is 13.3. The van der Waals surface area contributed by atoms with Gasteiger partial charge in [-0.1, -0.05) is 13.8 Å². The second-order valence-electron chi connectivity index (χ2n) is 6.10. The fourth-order valence-electron chi connectivity index (χ4n) is 2.60. The first kappa shape index (κ1) is 16.0. The lowest BCUT2D eigenvalue weighted by Crippen LogP contribution is -2.35. The van der Waals surface area contributed by atoms with Crippen LogP contribution < -0.4 is 5.32 Å². The molecule has 6 heteroatoms. The summed E-state index contributed by atoms with van der Waals surface area (Å²) in [7, 11) is 1.61. The largest absolute Gasteiger partial charge is 0.437 e. The fourth-order valence-corrected chi connectivity index (χ4v) is 2.60. The maximum absolute atomic E-state index is 12.1. The van der Waals surface area contributed by atoms with Gasteiger partial charge in [0.2, 0.25) is 0 Å². The van der Waals surface area contributed by atoms with Crippen molar-refractivity contribution < 1.29 is 13.9 Å². The smallest absolute Gasteiger partial charge is 0.307 e. The van der Waals surface area contributed by atoms with Crippen LogP contribution in [0.1, 0.15) is 42.9 Å². The Hall–Kier alpha value is -1.40. The standard InChI is InChI=1S/C15H25N3O3/c1-10(2)7-18-6-5-13-12(8-18)17-15(21-13)14(19)16-11(3)9-20-4/h10-11H,5-9H2,1-4H3,(H,16,19)/t11-/m0/s1. The zero-order chi connectivity index (χ0) is 15.4. The highest BCUT2D eigenvalue weighted by atomic mass is 16.5. The zero-order valence-electron chi connectivity index (χ0n) is 13.3. The van der Waals surface area contributed by atoms with Crippen LogP contribution in [0.25, 0.3) is 0 Å². The summed E-state index contributed by atoms with van der Waals surface area (Å²) < 4.78 is 10.6. The minimum Gasteiger partial charge on any atom is -0.437 e. The molecule has 1 aliphatic heterocycles. The van der Waals surface area contributed by atoms with E-state index < -0.39 is 0 Å². The molecule has 0 aliphatic carbocycles. The van der Waals surface area contributed by atoms with E-state index in [4.69, 9.17) is 9.15 Å². The molecule has 118 valence electrons. The maximum Gasteiger partial charge on any atom is 0.307 e. The van der Waals surface area contributed by atoms with E-state index in [9.17, 15) is 4.79 Å². The minimum atomic E-state index is -0.274. The summed E-state index contributed by atoms with van der Waals surface area (Å²) in [6.45, 7) is 9.52. The van der Waals surface area contributed by atoms with E-state index in [1.807, 2.05) is 6.92 Å². The Morgan fingerprint density at radius 3 is 2.90 bits per heavy atom. The molecule has 1 atom stereocenters. The molecule has 0 fully saturated rings. The third kappa shape index (κ3) is 4.28. The van der Waals surface area contributed by atoms with Crippen LogP contribution in [0.2, 0.25) is 0 Å². The van der Waals surface area contributed by atoms with Gasteiger partial charge >= 0.3 is 5.91 Å². The predicted octanol–water partition coefficient (Wildman–Crippen LogP) is 1.45. The summed E-state index contributed by atoms with van der Waals surface area (Å²) >= 11 is 0. The molecule has 0 spiro atoms. The van der Waals surface area contributed by atoms with E-state index in [0.29, 0.717) is 12.5 Å². The molecule has 2 rings (SSSR count). The average molecular weight is 295 g/mol. The topological polar surface area (TPSA) is 67.6 Å². The first-order chi connectivity index (χ1) is 9.99. The van der Waals surface area contributed by atoms with Crippen molar-refractivity contribution in [2.24, 2.45) is 5.92 Å². The highest BCUT2D eigenvalue weighted by molar-refractivity contribution is 5.89. The summed E-state index contributed by atoms with van der Waals surface area (Å²) in [6, 6.07) is -0.0659. The van der Waals surface area contributed by atoms with Gasteiger partial charge in [0, 0.05) is 39.2 Å². The third-order valence-electron chi connectivity index (χ3n) is 3.42. The van der Waals surface area contributed by atoms with Crippen molar-refractivity contribution in [3.05, 3.63) is 17.3 Å². The molecule has 1 amide bonds. The molecule has 6 nitrogen and oxygen atoms in total. The van der Waals surface area contributed by atoms with Crippen molar-refractivity contribution in [1.82, 2.24) is 15.2 Å². The number of aromatic nitrogens is 1. The number of amides is 1. The molecule has 0 aromatic carbocycles. The van der Waals surface area contributed by atoms with Crippen molar-refractivity contribution in [2.45, 2.75) is 39.8 Å². The Bertz CT molecular complexity index is 485. The third-order valence-corrected chi connectivity index (χ3v) is 3.42. The first-order valence-corrected chi connectivity index (χ1v) is 7.50. The number of hydrogen-bond acceptors (Lipinski definition) is 5. The molecule has 0 saturated carbocycles. The van der Waals surface area contributed by atoms with Gasteiger partial charge in [-0.05, 0) is 12.8 Å². The summed E-state index contributed by atoms with van der Waals surface area (Å²) in [5.41, 5.74) is 0.895. The molecule has 2 heterocycles.